The van der Waals surface area contributed by atoms with Gasteiger partial charge in [-0.1, -0.05) is 0 Å². The molecule has 1 aliphatic rings. The van der Waals surface area contributed by atoms with Crippen molar-refractivity contribution in [2.24, 2.45) is 0 Å². The molecule has 1 saturated heterocycles. The summed E-state index contributed by atoms with van der Waals surface area (Å²) >= 11 is 0. The topological polar surface area (TPSA) is 54.1 Å². The summed E-state index contributed by atoms with van der Waals surface area (Å²) < 4.78 is 38.0. The number of hydrogen-bond acceptors (Lipinski definition) is 4. The lowest BCUT2D eigenvalue weighted by molar-refractivity contribution is -0.194. The molecular weight excluding hydrogens is 221 g/mol. The van der Waals surface area contributed by atoms with Gasteiger partial charge in [-0.25, -0.2) is 0 Å². The van der Waals surface area contributed by atoms with E-state index in [1.165, 1.54) is 4.90 Å². The van der Waals surface area contributed by atoms with Crippen LogP contribution in [0.3, 0.4) is 0 Å². The Bertz CT molecular complexity index is 314. The summed E-state index contributed by atoms with van der Waals surface area (Å²) in [6.45, 7) is 0.0809. The average Bonchev–Trinajstić information content (AvgIpc) is 2.19. The second-order valence-corrected chi connectivity index (χ2v) is 3.58. The molecule has 1 aliphatic heterocycles. The molecule has 0 aromatic rings. The van der Waals surface area contributed by atoms with Crippen molar-refractivity contribution in [2.45, 2.75) is 12.2 Å². The zero-order valence-electron chi connectivity index (χ0n) is 8.54. The van der Waals surface area contributed by atoms with Gasteiger partial charge in [0.2, 0.25) is 0 Å². The molecule has 0 saturated carbocycles. The molecule has 0 spiro atoms. The molecule has 7 heteroatoms. The van der Waals surface area contributed by atoms with Crippen LogP contribution < -0.4 is 0 Å². The van der Waals surface area contributed by atoms with Crippen LogP contribution in [0.2, 0.25) is 0 Å². The quantitative estimate of drug-likeness (QED) is 0.653. The van der Waals surface area contributed by atoms with Crippen molar-refractivity contribution >= 4 is 0 Å². The highest BCUT2D eigenvalue weighted by Crippen LogP contribution is 2.27. The summed E-state index contributed by atoms with van der Waals surface area (Å²) in [5.41, 5.74) is 0. The normalized spacial score (nSPS) is 23.7. The Kier molecular flexibility index (Phi) is 4.11. The molecule has 16 heavy (non-hydrogen) atoms. The van der Waals surface area contributed by atoms with Gasteiger partial charge < -0.3 is 0 Å². The van der Waals surface area contributed by atoms with Gasteiger partial charge in [0.1, 0.15) is 6.04 Å². The molecule has 88 valence electrons. The van der Waals surface area contributed by atoms with Crippen LogP contribution in [0.15, 0.2) is 0 Å². The van der Waals surface area contributed by atoms with Crippen LogP contribution in [0, 0.1) is 22.7 Å². The number of alkyl halides is 3. The number of nitriles is 2. The molecule has 0 radical (unpaired) electrons. The number of halogens is 3. The minimum atomic E-state index is -4.36. The molecule has 1 rings (SSSR count). The van der Waals surface area contributed by atoms with Gasteiger partial charge in [0.15, 0.2) is 0 Å². The maximum absolute atomic E-state index is 12.7. The van der Waals surface area contributed by atoms with Crippen LogP contribution >= 0.6 is 0 Å². The van der Waals surface area contributed by atoms with Crippen molar-refractivity contribution in [3.8, 4) is 12.1 Å². The Labute approximate surface area is 91.5 Å². The Morgan fingerprint density at radius 2 is 1.75 bits per heavy atom. The van der Waals surface area contributed by atoms with E-state index in [9.17, 15) is 13.2 Å². The van der Waals surface area contributed by atoms with E-state index in [-0.39, 0.29) is 26.2 Å². The standard InChI is InChI=1S/C9H11F3N4/c10-9(11,12)8-7-15(3-1-13)5-6-16(8)4-2-14/h8H,3-7H2/t8-/m0/s1. The third-order valence-electron chi connectivity index (χ3n) is 2.52. The molecule has 0 bridgehead atoms. The van der Waals surface area contributed by atoms with Gasteiger partial charge in [-0.05, 0) is 0 Å². The summed E-state index contributed by atoms with van der Waals surface area (Å²) in [4.78, 5) is 2.56. The predicted octanol–water partition coefficient (Wildman–Crippen LogP) is 0.582. The summed E-state index contributed by atoms with van der Waals surface area (Å²) in [7, 11) is 0. The van der Waals surface area contributed by atoms with E-state index in [4.69, 9.17) is 10.5 Å². The molecule has 0 aromatic heterocycles. The lowest BCUT2D eigenvalue weighted by atomic mass is 10.1. The van der Waals surface area contributed by atoms with Gasteiger partial charge in [0, 0.05) is 19.6 Å². The predicted molar refractivity (Wildman–Crippen MR) is 49.1 cm³/mol. The summed E-state index contributed by atoms with van der Waals surface area (Å²) in [6.07, 6.45) is -4.36. The molecule has 1 atom stereocenters. The van der Waals surface area contributed by atoms with Crippen LogP contribution in [0.1, 0.15) is 0 Å². The van der Waals surface area contributed by atoms with E-state index in [1.807, 2.05) is 6.07 Å². The van der Waals surface area contributed by atoms with Crippen LogP contribution in [0.25, 0.3) is 0 Å². The second-order valence-electron chi connectivity index (χ2n) is 3.58. The Balaban J connectivity index is 2.71. The van der Waals surface area contributed by atoms with E-state index < -0.39 is 12.2 Å². The first-order valence-electron chi connectivity index (χ1n) is 4.76. The fourth-order valence-corrected chi connectivity index (χ4v) is 1.71. The van der Waals surface area contributed by atoms with Crippen molar-refractivity contribution in [1.82, 2.24) is 9.80 Å². The first-order chi connectivity index (χ1) is 7.49. The Hall–Kier alpha value is -1.31. The third kappa shape index (κ3) is 3.09. The molecule has 1 heterocycles. The van der Waals surface area contributed by atoms with Crippen LogP contribution in [-0.4, -0.2) is 54.7 Å². The highest BCUT2D eigenvalue weighted by atomic mass is 19.4. The van der Waals surface area contributed by atoms with Crippen molar-refractivity contribution in [1.29, 1.82) is 10.5 Å². The number of rotatable bonds is 2. The second kappa shape index (κ2) is 5.15. The summed E-state index contributed by atoms with van der Waals surface area (Å²) in [6, 6.07) is 1.92. The average molecular weight is 232 g/mol. The molecule has 0 amide bonds. The Morgan fingerprint density at radius 1 is 1.12 bits per heavy atom. The van der Waals surface area contributed by atoms with Crippen LogP contribution in [-0.2, 0) is 0 Å². The molecular formula is C9H11F3N4. The fourth-order valence-electron chi connectivity index (χ4n) is 1.71. The fraction of sp³-hybridized carbons (Fsp3) is 0.778. The number of piperazine rings is 1. The van der Waals surface area contributed by atoms with Crippen LogP contribution in [0.5, 0.6) is 0 Å². The van der Waals surface area contributed by atoms with Gasteiger partial charge in [-0.3, -0.25) is 9.80 Å². The Morgan fingerprint density at radius 3 is 2.25 bits per heavy atom. The van der Waals surface area contributed by atoms with Gasteiger partial charge in [0.25, 0.3) is 0 Å². The van der Waals surface area contributed by atoms with Crippen molar-refractivity contribution in [3.63, 3.8) is 0 Å². The van der Waals surface area contributed by atoms with Gasteiger partial charge in [-0.15, -0.1) is 0 Å². The third-order valence-corrected chi connectivity index (χ3v) is 2.52. The van der Waals surface area contributed by atoms with E-state index in [1.54, 1.807) is 6.07 Å². The summed E-state index contributed by atoms with van der Waals surface area (Å²) in [5, 5.41) is 16.9. The maximum atomic E-state index is 12.7. The molecule has 4 nitrogen and oxygen atoms in total. The maximum Gasteiger partial charge on any atom is 0.405 e. The highest BCUT2D eigenvalue weighted by Gasteiger charge is 2.46. The van der Waals surface area contributed by atoms with Gasteiger partial charge >= 0.3 is 6.18 Å². The molecule has 0 aromatic carbocycles. The molecule has 0 unspecified atom stereocenters. The highest BCUT2D eigenvalue weighted by molar-refractivity contribution is 4.93. The monoisotopic (exact) mass is 232 g/mol. The smallest absolute Gasteiger partial charge is 0.287 e. The van der Waals surface area contributed by atoms with Crippen molar-refractivity contribution in [3.05, 3.63) is 0 Å². The minimum Gasteiger partial charge on any atom is -0.287 e. The molecule has 0 aliphatic carbocycles. The van der Waals surface area contributed by atoms with Crippen LogP contribution in [0.4, 0.5) is 13.2 Å². The van der Waals surface area contributed by atoms with E-state index >= 15 is 0 Å². The lowest BCUT2D eigenvalue weighted by Crippen LogP contribution is -2.58. The number of hydrogen-bond donors (Lipinski definition) is 0. The van der Waals surface area contributed by atoms with Crippen molar-refractivity contribution in [2.75, 3.05) is 32.7 Å². The minimum absolute atomic E-state index is 0.00697. The zero-order valence-corrected chi connectivity index (χ0v) is 8.54. The SMILES string of the molecule is N#CCN1CCN(CC#N)[C@H](C(F)(F)F)C1. The lowest BCUT2D eigenvalue weighted by Gasteiger charge is -2.40. The van der Waals surface area contributed by atoms with Crippen molar-refractivity contribution < 1.29 is 13.2 Å². The summed E-state index contributed by atoms with van der Waals surface area (Å²) in [5.74, 6) is 0. The number of nitrogens with zero attached hydrogens (tertiary/aromatic N) is 4. The van der Waals surface area contributed by atoms with E-state index in [0.29, 0.717) is 6.54 Å². The first-order valence-corrected chi connectivity index (χ1v) is 4.76. The van der Waals surface area contributed by atoms with Gasteiger partial charge in [0.05, 0.1) is 25.2 Å². The molecule has 0 N–H and O–H groups in total. The van der Waals surface area contributed by atoms with E-state index in [2.05, 4.69) is 0 Å². The van der Waals surface area contributed by atoms with Gasteiger partial charge in [-0.2, -0.15) is 23.7 Å². The zero-order chi connectivity index (χ0) is 12.2. The largest absolute Gasteiger partial charge is 0.405 e. The molecule has 1 fully saturated rings. The first kappa shape index (κ1) is 12.8. The van der Waals surface area contributed by atoms with E-state index in [0.717, 1.165) is 4.90 Å².